The van der Waals surface area contributed by atoms with Gasteiger partial charge in [0.2, 0.25) is 0 Å². The summed E-state index contributed by atoms with van der Waals surface area (Å²) in [5, 5.41) is 8.10. The number of likely N-dealkylation sites (tertiary alicyclic amines) is 1. The fraction of sp³-hybridized carbons (Fsp3) is 0.500. The van der Waals surface area contributed by atoms with Gasteiger partial charge in [-0.15, -0.1) is 5.10 Å². The SMILES string of the molecule is O=C(c1ccccc1)C1CCN(C(=O)c2cn(C[C@H]3CCCO3)nn2)CC1. The second-order valence-corrected chi connectivity index (χ2v) is 7.26. The van der Waals surface area contributed by atoms with Gasteiger partial charge in [-0.25, -0.2) is 4.68 Å². The summed E-state index contributed by atoms with van der Waals surface area (Å²) < 4.78 is 7.29. The summed E-state index contributed by atoms with van der Waals surface area (Å²) in [5.74, 6) is 0.0380. The first-order chi connectivity index (χ1) is 13.2. The number of benzene rings is 1. The quantitative estimate of drug-likeness (QED) is 0.756. The van der Waals surface area contributed by atoms with Crippen molar-refractivity contribution in [1.29, 1.82) is 0 Å². The van der Waals surface area contributed by atoms with Crippen LogP contribution in [0.15, 0.2) is 36.5 Å². The molecule has 2 fully saturated rings. The molecule has 3 heterocycles. The Morgan fingerprint density at radius 2 is 1.89 bits per heavy atom. The lowest BCUT2D eigenvalue weighted by Gasteiger charge is -2.30. The van der Waals surface area contributed by atoms with Gasteiger partial charge in [0.25, 0.3) is 5.91 Å². The number of hydrogen-bond acceptors (Lipinski definition) is 5. The number of ketones is 1. The van der Waals surface area contributed by atoms with Gasteiger partial charge in [0.15, 0.2) is 11.5 Å². The van der Waals surface area contributed by atoms with Crippen molar-refractivity contribution >= 4 is 11.7 Å². The van der Waals surface area contributed by atoms with Crippen molar-refractivity contribution in [1.82, 2.24) is 19.9 Å². The van der Waals surface area contributed by atoms with Gasteiger partial charge in [-0.2, -0.15) is 0 Å². The molecule has 2 saturated heterocycles. The van der Waals surface area contributed by atoms with E-state index < -0.39 is 0 Å². The fourth-order valence-corrected chi connectivity index (χ4v) is 3.83. The van der Waals surface area contributed by atoms with Crippen LogP contribution in [0.2, 0.25) is 0 Å². The first kappa shape index (κ1) is 17.9. The summed E-state index contributed by atoms with van der Waals surface area (Å²) >= 11 is 0. The summed E-state index contributed by atoms with van der Waals surface area (Å²) in [6.07, 6.45) is 5.32. The van der Waals surface area contributed by atoms with E-state index in [0.717, 1.165) is 25.0 Å². The highest BCUT2D eigenvalue weighted by molar-refractivity contribution is 5.98. The Kier molecular flexibility index (Phi) is 5.29. The predicted octanol–water partition coefficient (Wildman–Crippen LogP) is 2.19. The molecule has 2 aliphatic rings. The average molecular weight is 368 g/mol. The molecule has 0 saturated carbocycles. The molecular formula is C20H24N4O3. The van der Waals surface area contributed by atoms with Crippen LogP contribution in [0.5, 0.6) is 0 Å². The topological polar surface area (TPSA) is 77.3 Å². The molecule has 4 rings (SSSR count). The van der Waals surface area contributed by atoms with Crippen molar-refractivity contribution in [2.45, 2.75) is 38.3 Å². The number of piperidine rings is 1. The van der Waals surface area contributed by atoms with E-state index in [1.807, 2.05) is 30.3 Å². The van der Waals surface area contributed by atoms with Gasteiger partial charge in [-0.05, 0) is 25.7 Å². The minimum atomic E-state index is -0.112. The van der Waals surface area contributed by atoms with Crippen LogP contribution in [0.3, 0.4) is 0 Å². The molecule has 0 spiro atoms. The van der Waals surface area contributed by atoms with Crippen LogP contribution in [-0.2, 0) is 11.3 Å². The molecule has 0 unspecified atom stereocenters. The third-order valence-electron chi connectivity index (χ3n) is 5.38. The molecule has 2 aromatic rings. The third kappa shape index (κ3) is 4.08. The Morgan fingerprint density at radius 1 is 1.11 bits per heavy atom. The van der Waals surface area contributed by atoms with Gasteiger partial charge < -0.3 is 9.64 Å². The Hall–Kier alpha value is -2.54. The van der Waals surface area contributed by atoms with E-state index in [0.29, 0.717) is 38.2 Å². The van der Waals surface area contributed by atoms with E-state index in [2.05, 4.69) is 10.3 Å². The van der Waals surface area contributed by atoms with Crippen LogP contribution in [0.1, 0.15) is 46.5 Å². The lowest BCUT2D eigenvalue weighted by atomic mass is 9.89. The van der Waals surface area contributed by atoms with Crippen LogP contribution in [0, 0.1) is 5.92 Å². The summed E-state index contributed by atoms with van der Waals surface area (Å²) in [4.78, 5) is 27.0. The van der Waals surface area contributed by atoms with E-state index in [-0.39, 0.29) is 23.7 Å². The zero-order valence-corrected chi connectivity index (χ0v) is 15.3. The van der Waals surface area contributed by atoms with Gasteiger partial charge in [0, 0.05) is 31.2 Å². The number of Topliss-reactive ketones (excluding diaryl/α,β-unsaturated/α-hetero) is 1. The van der Waals surface area contributed by atoms with Crippen LogP contribution < -0.4 is 0 Å². The first-order valence-corrected chi connectivity index (χ1v) is 9.61. The fourth-order valence-electron chi connectivity index (χ4n) is 3.83. The molecule has 0 aliphatic carbocycles. The van der Waals surface area contributed by atoms with Crippen LogP contribution in [-0.4, -0.2) is 57.4 Å². The number of nitrogens with zero attached hydrogens (tertiary/aromatic N) is 4. The normalized spacial score (nSPS) is 20.7. The van der Waals surface area contributed by atoms with Crippen molar-refractivity contribution in [3.8, 4) is 0 Å². The Labute approximate surface area is 158 Å². The molecule has 7 nitrogen and oxygen atoms in total. The molecule has 1 amide bonds. The van der Waals surface area contributed by atoms with E-state index in [9.17, 15) is 9.59 Å². The molecule has 7 heteroatoms. The molecule has 1 aromatic carbocycles. The van der Waals surface area contributed by atoms with Crippen molar-refractivity contribution in [2.75, 3.05) is 19.7 Å². The van der Waals surface area contributed by atoms with Crippen molar-refractivity contribution in [3.05, 3.63) is 47.8 Å². The molecule has 0 radical (unpaired) electrons. The van der Waals surface area contributed by atoms with Gasteiger partial charge in [0.1, 0.15) is 0 Å². The van der Waals surface area contributed by atoms with Gasteiger partial charge in [-0.3, -0.25) is 9.59 Å². The minimum absolute atomic E-state index is 0.0216. The predicted molar refractivity (Wildman–Crippen MR) is 98.4 cm³/mol. The van der Waals surface area contributed by atoms with Crippen LogP contribution >= 0.6 is 0 Å². The minimum Gasteiger partial charge on any atom is -0.376 e. The lowest BCUT2D eigenvalue weighted by molar-refractivity contribution is 0.0645. The number of amides is 1. The maximum absolute atomic E-state index is 12.7. The number of ether oxygens (including phenoxy) is 1. The van der Waals surface area contributed by atoms with Gasteiger partial charge in [-0.1, -0.05) is 35.5 Å². The average Bonchev–Trinajstić information content (AvgIpc) is 3.40. The highest BCUT2D eigenvalue weighted by Crippen LogP contribution is 2.23. The monoisotopic (exact) mass is 368 g/mol. The number of hydrogen-bond donors (Lipinski definition) is 0. The smallest absolute Gasteiger partial charge is 0.276 e. The molecule has 2 aliphatic heterocycles. The summed E-state index contributed by atoms with van der Waals surface area (Å²) in [6, 6.07) is 9.38. The van der Waals surface area contributed by atoms with Gasteiger partial charge in [0.05, 0.1) is 18.8 Å². The van der Waals surface area contributed by atoms with E-state index in [4.69, 9.17) is 4.74 Å². The molecule has 0 N–H and O–H groups in total. The Morgan fingerprint density at radius 3 is 2.59 bits per heavy atom. The number of aromatic nitrogens is 3. The number of carbonyl (C=O) groups excluding carboxylic acids is 2. The summed E-state index contributed by atoms with van der Waals surface area (Å²) in [6.45, 7) is 2.57. The largest absolute Gasteiger partial charge is 0.376 e. The zero-order chi connectivity index (χ0) is 18.6. The lowest BCUT2D eigenvalue weighted by Crippen LogP contribution is -2.40. The van der Waals surface area contributed by atoms with Crippen molar-refractivity contribution in [2.24, 2.45) is 5.92 Å². The second-order valence-electron chi connectivity index (χ2n) is 7.26. The number of rotatable bonds is 5. The Bertz CT molecular complexity index is 791. The zero-order valence-electron chi connectivity index (χ0n) is 15.3. The molecular weight excluding hydrogens is 344 g/mol. The Balaban J connectivity index is 1.32. The number of carbonyl (C=O) groups is 2. The molecule has 142 valence electrons. The molecule has 1 aromatic heterocycles. The van der Waals surface area contributed by atoms with Crippen molar-refractivity contribution < 1.29 is 14.3 Å². The van der Waals surface area contributed by atoms with E-state index in [1.165, 1.54) is 0 Å². The highest BCUT2D eigenvalue weighted by atomic mass is 16.5. The molecule has 27 heavy (non-hydrogen) atoms. The van der Waals surface area contributed by atoms with E-state index in [1.54, 1.807) is 15.8 Å². The van der Waals surface area contributed by atoms with Crippen LogP contribution in [0.4, 0.5) is 0 Å². The second kappa shape index (κ2) is 8.00. The standard InChI is InChI=1S/C20H24N4O3/c25-19(15-5-2-1-3-6-15)16-8-10-23(11-9-16)20(26)18-14-24(22-21-18)13-17-7-4-12-27-17/h1-3,5-6,14,16-17H,4,7-13H2/t17-/m1/s1. The maximum Gasteiger partial charge on any atom is 0.276 e. The maximum atomic E-state index is 12.7. The first-order valence-electron chi connectivity index (χ1n) is 9.61. The van der Waals surface area contributed by atoms with Crippen LogP contribution in [0.25, 0.3) is 0 Å². The van der Waals surface area contributed by atoms with E-state index >= 15 is 0 Å². The summed E-state index contributed by atoms with van der Waals surface area (Å²) in [7, 11) is 0. The van der Waals surface area contributed by atoms with Gasteiger partial charge >= 0.3 is 0 Å². The third-order valence-corrected chi connectivity index (χ3v) is 5.38. The van der Waals surface area contributed by atoms with Crippen molar-refractivity contribution in [3.63, 3.8) is 0 Å². The molecule has 1 atom stereocenters. The molecule has 0 bridgehead atoms. The highest BCUT2D eigenvalue weighted by Gasteiger charge is 2.29. The summed E-state index contributed by atoms with van der Waals surface area (Å²) in [5.41, 5.74) is 1.11.